The fourth-order valence-electron chi connectivity index (χ4n) is 4.98. The van der Waals surface area contributed by atoms with Crippen molar-refractivity contribution in [2.45, 2.75) is 77.6 Å². The predicted octanol–water partition coefficient (Wildman–Crippen LogP) is 7.77. The monoisotopic (exact) mass is 706 g/mol. The molecular formula is C35H46N6O6SSi. The summed E-state index contributed by atoms with van der Waals surface area (Å²) in [6.45, 7) is 15.0. The van der Waals surface area contributed by atoms with Crippen LogP contribution in [0.3, 0.4) is 0 Å². The molecule has 49 heavy (non-hydrogen) atoms. The summed E-state index contributed by atoms with van der Waals surface area (Å²) in [5.74, 6) is -0.239. The van der Waals surface area contributed by atoms with Gasteiger partial charge in [-0.3, -0.25) is 14.7 Å². The lowest BCUT2D eigenvalue weighted by atomic mass is 10.2. The first-order chi connectivity index (χ1) is 23.3. The molecule has 4 aromatic rings. The molecule has 1 aliphatic rings. The maximum Gasteiger partial charge on any atom is 0.425 e. The fourth-order valence-corrected chi connectivity index (χ4v) is 6.31. The number of ether oxygens (including phenoxy) is 3. The average molecular weight is 707 g/mol. The molecule has 3 heterocycles. The number of anilines is 3. The fraction of sp³-hybridized carbons (Fsp3) is 0.457. The minimum Gasteiger partial charge on any atom is -0.414 e. The lowest BCUT2D eigenvalue weighted by molar-refractivity contribution is -0.118. The van der Waals surface area contributed by atoms with Crippen molar-refractivity contribution in [3.63, 3.8) is 0 Å². The largest absolute Gasteiger partial charge is 0.425 e. The maximum absolute atomic E-state index is 13.9. The molecule has 5 rings (SSSR count). The molecule has 0 bridgehead atoms. The van der Waals surface area contributed by atoms with Crippen LogP contribution in [-0.2, 0) is 18.7 Å². The van der Waals surface area contributed by atoms with E-state index in [9.17, 15) is 9.59 Å². The first-order valence-corrected chi connectivity index (χ1v) is 20.7. The van der Waals surface area contributed by atoms with Gasteiger partial charge in [0.2, 0.25) is 11.9 Å². The molecule has 0 aliphatic carbocycles. The van der Waals surface area contributed by atoms with E-state index in [2.05, 4.69) is 54.1 Å². The highest BCUT2D eigenvalue weighted by molar-refractivity contribution is 7.98. The Morgan fingerprint density at radius 1 is 1.06 bits per heavy atom. The Balaban J connectivity index is 1.50. The number of hydrogen-bond acceptors (Lipinski definition) is 10. The van der Waals surface area contributed by atoms with Crippen LogP contribution in [0.25, 0.3) is 11.2 Å². The number of para-hydroxylation sites is 2. The molecule has 2 aromatic heterocycles. The van der Waals surface area contributed by atoms with Gasteiger partial charge < -0.3 is 18.6 Å². The highest BCUT2D eigenvalue weighted by Crippen LogP contribution is 2.39. The molecule has 0 saturated carbocycles. The van der Waals surface area contributed by atoms with E-state index in [1.54, 1.807) is 36.5 Å². The lowest BCUT2D eigenvalue weighted by Gasteiger charge is -2.37. The van der Waals surface area contributed by atoms with E-state index in [4.69, 9.17) is 18.6 Å². The van der Waals surface area contributed by atoms with Gasteiger partial charge in [0.05, 0.1) is 36.4 Å². The second-order valence-electron chi connectivity index (χ2n) is 13.7. The molecule has 1 aliphatic heterocycles. The van der Waals surface area contributed by atoms with Crippen LogP contribution in [0.15, 0.2) is 67.0 Å². The summed E-state index contributed by atoms with van der Waals surface area (Å²) in [4.78, 5) is 41.8. The number of carbonyl (C=O) groups excluding carboxylic acids is 2. The number of fused-ring (bicyclic) bond motifs is 1. The van der Waals surface area contributed by atoms with Crippen molar-refractivity contribution >= 4 is 60.6 Å². The van der Waals surface area contributed by atoms with Gasteiger partial charge in [-0.05, 0) is 48.7 Å². The van der Waals surface area contributed by atoms with Crippen molar-refractivity contribution in [3.05, 3.63) is 67.0 Å². The summed E-state index contributed by atoms with van der Waals surface area (Å²) in [5, 5.41) is 2.79. The SMILES string of the molecule is CSCOC1C[C@H](n2cnc3c(OC(=O)N(c4ccccc4)c4ccccc4)nc(NC(=O)C(C)C)nc32)O[C@@H]1CO[Si](C)(C)C(C)(C)C. The molecule has 262 valence electrons. The number of nitrogens with zero attached hydrogens (tertiary/aromatic N) is 5. The van der Waals surface area contributed by atoms with Gasteiger partial charge in [-0.2, -0.15) is 9.97 Å². The minimum absolute atomic E-state index is 0.0206. The Bertz CT molecular complexity index is 1690. The molecule has 2 aromatic carbocycles. The van der Waals surface area contributed by atoms with E-state index in [1.807, 2.05) is 66.9 Å². The molecule has 1 N–H and O–H groups in total. The van der Waals surface area contributed by atoms with Gasteiger partial charge in [0.1, 0.15) is 12.3 Å². The van der Waals surface area contributed by atoms with Gasteiger partial charge in [0.15, 0.2) is 19.5 Å². The van der Waals surface area contributed by atoms with E-state index in [-0.39, 0.29) is 46.4 Å². The number of carbonyl (C=O) groups is 2. The predicted molar refractivity (Wildman–Crippen MR) is 195 cm³/mol. The number of thioether (sulfide) groups is 1. The third-order valence-corrected chi connectivity index (χ3v) is 13.7. The van der Waals surface area contributed by atoms with E-state index >= 15 is 0 Å². The van der Waals surface area contributed by atoms with Gasteiger partial charge in [-0.1, -0.05) is 71.0 Å². The van der Waals surface area contributed by atoms with Crippen LogP contribution in [-0.4, -0.2) is 70.8 Å². The van der Waals surface area contributed by atoms with Crippen molar-refractivity contribution in [1.82, 2.24) is 19.5 Å². The van der Waals surface area contributed by atoms with Crippen LogP contribution in [0.4, 0.5) is 22.1 Å². The highest BCUT2D eigenvalue weighted by atomic mass is 32.2. The number of hydrogen-bond donors (Lipinski definition) is 1. The van der Waals surface area contributed by atoms with Crippen molar-refractivity contribution in [1.29, 1.82) is 0 Å². The van der Waals surface area contributed by atoms with E-state index in [0.717, 1.165) is 0 Å². The second kappa shape index (κ2) is 15.4. The maximum atomic E-state index is 13.9. The summed E-state index contributed by atoms with van der Waals surface area (Å²) in [6.07, 6.45) is 2.31. The zero-order valence-corrected chi connectivity index (χ0v) is 31.2. The number of nitrogens with one attached hydrogen (secondary N) is 1. The zero-order valence-electron chi connectivity index (χ0n) is 29.4. The average Bonchev–Trinajstić information content (AvgIpc) is 3.67. The second-order valence-corrected chi connectivity index (χ2v) is 19.4. The van der Waals surface area contributed by atoms with E-state index in [1.165, 1.54) is 4.90 Å². The Morgan fingerprint density at radius 2 is 1.69 bits per heavy atom. The summed E-state index contributed by atoms with van der Waals surface area (Å²) in [7, 11) is -2.05. The number of benzene rings is 2. The third kappa shape index (κ3) is 8.50. The van der Waals surface area contributed by atoms with Crippen molar-refractivity contribution < 1.29 is 28.2 Å². The summed E-state index contributed by atoms with van der Waals surface area (Å²) in [6, 6.07) is 18.3. The first-order valence-electron chi connectivity index (χ1n) is 16.4. The topological polar surface area (TPSA) is 130 Å². The molecule has 14 heteroatoms. The molecule has 3 atom stereocenters. The van der Waals surface area contributed by atoms with Gasteiger partial charge in [-0.15, -0.1) is 11.8 Å². The summed E-state index contributed by atoms with van der Waals surface area (Å²) in [5.41, 5.74) is 1.78. The van der Waals surface area contributed by atoms with E-state index in [0.29, 0.717) is 36.0 Å². The first kappa shape index (κ1) is 36.5. The molecule has 1 fully saturated rings. The Hall–Kier alpha value is -3.82. The summed E-state index contributed by atoms with van der Waals surface area (Å²) < 4.78 is 27.1. The summed E-state index contributed by atoms with van der Waals surface area (Å²) >= 11 is 1.59. The van der Waals surface area contributed by atoms with Crippen molar-refractivity contribution in [2.24, 2.45) is 5.92 Å². The normalized spacial score (nSPS) is 18.2. The third-order valence-electron chi connectivity index (χ3n) is 8.85. The Morgan fingerprint density at radius 3 is 2.27 bits per heavy atom. The molecule has 0 radical (unpaired) electrons. The van der Waals surface area contributed by atoms with Gasteiger partial charge >= 0.3 is 6.09 Å². The van der Waals surface area contributed by atoms with Gasteiger partial charge in [0, 0.05) is 12.3 Å². The highest BCUT2D eigenvalue weighted by Gasteiger charge is 2.42. The van der Waals surface area contributed by atoms with E-state index < -0.39 is 20.6 Å². The Kier molecular flexibility index (Phi) is 11.4. The molecule has 12 nitrogen and oxygen atoms in total. The molecular weight excluding hydrogens is 661 g/mol. The molecule has 0 spiro atoms. The quantitative estimate of drug-likeness (QED) is 0.115. The molecule has 1 unspecified atom stereocenters. The van der Waals surface area contributed by atoms with Crippen LogP contribution < -0.4 is 15.0 Å². The van der Waals surface area contributed by atoms with Crippen LogP contribution in [0, 0.1) is 5.92 Å². The molecule has 1 saturated heterocycles. The van der Waals surface area contributed by atoms with Crippen LogP contribution in [0.5, 0.6) is 5.88 Å². The Labute approximate surface area is 293 Å². The smallest absolute Gasteiger partial charge is 0.414 e. The number of aromatic nitrogens is 4. The van der Waals surface area contributed by atoms with Crippen LogP contribution in [0.2, 0.25) is 18.1 Å². The van der Waals surface area contributed by atoms with Crippen molar-refractivity contribution in [2.75, 3.05) is 29.0 Å². The standard InChI is InChI=1S/C35H46N6O6SSi/c1-23(2)31(42)38-33-37-30-29(32(39-33)47-34(43)41(24-15-11-9-12-16-24)25-17-13-10-14-18-25)36-21-40(30)28-19-26(44-22-48-6)27(46-28)20-45-49(7,8)35(3,4)5/h9-18,21,23,26-28H,19-20,22H2,1-8H3,(H,37,38,39,42)/t26?,27-,28-/m1/s1. The zero-order chi connectivity index (χ0) is 35.3. The van der Waals surface area contributed by atoms with Crippen LogP contribution >= 0.6 is 11.8 Å². The number of rotatable bonds is 12. The molecule has 2 amide bonds. The number of imidazole rings is 1. The number of amides is 2. The van der Waals surface area contributed by atoms with Crippen molar-refractivity contribution in [3.8, 4) is 5.88 Å². The minimum atomic E-state index is -2.05. The van der Waals surface area contributed by atoms with Crippen LogP contribution in [0.1, 0.15) is 47.3 Å². The van der Waals surface area contributed by atoms with Gasteiger partial charge in [-0.25, -0.2) is 14.7 Å². The lowest BCUT2D eigenvalue weighted by Crippen LogP contribution is -2.44. The van der Waals surface area contributed by atoms with Gasteiger partial charge in [0.25, 0.3) is 5.88 Å².